The van der Waals surface area contributed by atoms with Crippen LogP contribution in [0.5, 0.6) is 0 Å². The Hall–Kier alpha value is -0.300. The highest BCUT2D eigenvalue weighted by atomic mass is 79.9. The molecule has 0 saturated heterocycles. The maximum Gasteiger partial charge on any atom is 0.00718 e. The Morgan fingerprint density at radius 1 is 1.13 bits per heavy atom. The van der Waals surface area contributed by atoms with E-state index in [1.165, 1.54) is 42.4 Å². The molecule has 1 aromatic carbocycles. The number of benzene rings is 1. The summed E-state index contributed by atoms with van der Waals surface area (Å²) < 4.78 is 0. The van der Waals surface area contributed by atoms with Gasteiger partial charge in [0.05, 0.1) is 0 Å². The minimum absolute atomic E-state index is 1.06. The third-order valence-corrected chi connectivity index (χ3v) is 3.24. The second kappa shape index (κ2) is 7.05. The molecule has 0 radical (unpaired) electrons. The van der Waals surface area contributed by atoms with E-state index in [0.717, 1.165) is 11.8 Å². The topological polar surface area (TPSA) is 0 Å². The molecule has 0 N–H and O–H groups in total. The van der Waals surface area contributed by atoms with E-state index in [4.69, 9.17) is 0 Å². The van der Waals surface area contributed by atoms with Gasteiger partial charge in [0.15, 0.2) is 0 Å². The summed E-state index contributed by atoms with van der Waals surface area (Å²) in [6, 6.07) is 6.92. The molecule has 0 atom stereocenters. The zero-order valence-electron chi connectivity index (χ0n) is 9.85. The number of hydrogen-bond acceptors (Lipinski definition) is 0. The Morgan fingerprint density at radius 2 is 1.93 bits per heavy atom. The second-order valence-electron chi connectivity index (χ2n) is 4.16. The van der Waals surface area contributed by atoms with Crippen molar-refractivity contribution in [2.24, 2.45) is 0 Å². The molecule has 0 aliphatic carbocycles. The molecule has 0 aromatic heterocycles. The highest BCUT2D eigenvalue weighted by Crippen LogP contribution is 2.15. The van der Waals surface area contributed by atoms with Crippen LogP contribution in [0.15, 0.2) is 18.2 Å². The van der Waals surface area contributed by atoms with Gasteiger partial charge in [-0.3, -0.25) is 0 Å². The fourth-order valence-corrected chi connectivity index (χ4v) is 2.33. The molecule has 0 aliphatic heterocycles. The lowest BCUT2D eigenvalue weighted by Gasteiger charge is -2.07. The van der Waals surface area contributed by atoms with Crippen LogP contribution in [-0.4, -0.2) is 5.33 Å². The molecule has 0 nitrogen and oxygen atoms in total. The first kappa shape index (κ1) is 12.8. The second-order valence-corrected chi connectivity index (χ2v) is 4.95. The lowest BCUT2D eigenvalue weighted by atomic mass is 9.99. The van der Waals surface area contributed by atoms with E-state index in [1.807, 2.05) is 0 Å². The van der Waals surface area contributed by atoms with Crippen molar-refractivity contribution >= 4 is 15.9 Å². The molecule has 0 unspecified atom stereocenters. The molecule has 1 rings (SSSR count). The number of hydrogen-bond donors (Lipinski definition) is 0. The third-order valence-electron chi connectivity index (χ3n) is 2.84. The summed E-state index contributed by atoms with van der Waals surface area (Å²) in [7, 11) is 0. The van der Waals surface area contributed by atoms with Crippen molar-refractivity contribution in [3.05, 3.63) is 34.9 Å². The van der Waals surface area contributed by atoms with Crippen LogP contribution in [-0.2, 0) is 12.8 Å². The molecule has 84 valence electrons. The highest BCUT2D eigenvalue weighted by molar-refractivity contribution is 9.09. The van der Waals surface area contributed by atoms with Crippen molar-refractivity contribution in [3.63, 3.8) is 0 Å². The van der Waals surface area contributed by atoms with E-state index < -0.39 is 0 Å². The van der Waals surface area contributed by atoms with Gasteiger partial charge >= 0.3 is 0 Å². The average Bonchev–Trinajstić information content (AvgIpc) is 2.22. The van der Waals surface area contributed by atoms with Crippen molar-refractivity contribution in [3.8, 4) is 0 Å². The van der Waals surface area contributed by atoms with Gasteiger partial charge in [-0.25, -0.2) is 0 Å². The quantitative estimate of drug-likeness (QED) is 0.520. The van der Waals surface area contributed by atoms with E-state index in [9.17, 15) is 0 Å². The summed E-state index contributed by atoms with van der Waals surface area (Å²) >= 11 is 3.48. The van der Waals surface area contributed by atoms with Crippen molar-refractivity contribution in [2.45, 2.75) is 46.0 Å². The summed E-state index contributed by atoms with van der Waals surface area (Å²) in [5, 5.41) is 1.06. The molecule has 0 bridgehead atoms. The summed E-state index contributed by atoms with van der Waals surface area (Å²) in [5.74, 6) is 0. The number of unbranched alkanes of at least 4 members (excludes halogenated alkanes) is 2. The SMILES string of the molecule is CCCCCc1ccc(CCBr)cc1C. The summed E-state index contributed by atoms with van der Waals surface area (Å²) in [6.07, 6.45) is 6.36. The summed E-state index contributed by atoms with van der Waals surface area (Å²) in [5.41, 5.74) is 4.44. The van der Waals surface area contributed by atoms with Gasteiger partial charge in [-0.05, 0) is 42.9 Å². The van der Waals surface area contributed by atoms with Gasteiger partial charge in [-0.1, -0.05) is 53.9 Å². The molecule has 0 amide bonds. The van der Waals surface area contributed by atoms with Crippen molar-refractivity contribution in [1.82, 2.24) is 0 Å². The number of aryl methyl sites for hydroxylation is 3. The molecule has 1 heteroatoms. The Balaban J connectivity index is 2.58. The van der Waals surface area contributed by atoms with Crippen LogP contribution in [0.2, 0.25) is 0 Å². The van der Waals surface area contributed by atoms with Gasteiger partial charge in [-0.2, -0.15) is 0 Å². The fraction of sp³-hybridized carbons (Fsp3) is 0.571. The Labute approximate surface area is 102 Å². The predicted molar refractivity (Wildman–Crippen MR) is 71.9 cm³/mol. The summed E-state index contributed by atoms with van der Waals surface area (Å²) in [4.78, 5) is 0. The van der Waals surface area contributed by atoms with Gasteiger partial charge in [0, 0.05) is 5.33 Å². The molecular formula is C14H21Br. The smallest absolute Gasteiger partial charge is 0.00718 e. The number of halogens is 1. The molecule has 15 heavy (non-hydrogen) atoms. The van der Waals surface area contributed by atoms with E-state index in [2.05, 4.69) is 48.0 Å². The van der Waals surface area contributed by atoms with Gasteiger partial charge in [-0.15, -0.1) is 0 Å². The van der Waals surface area contributed by atoms with E-state index in [-0.39, 0.29) is 0 Å². The maximum absolute atomic E-state index is 3.48. The fourth-order valence-electron chi connectivity index (χ4n) is 1.87. The van der Waals surface area contributed by atoms with Crippen LogP contribution >= 0.6 is 15.9 Å². The van der Waals surface area contributed by atoms with Crippen LogP contribution in [0.1, 0.15) is 42.9 Å². The lowest BCUT2D eigenvalue weighted by molar-refractivity contribution is 0.715. The van der Waals surface area contributed by atoms with Crippen LogP contribution in [0.25, 0.3) is 0 Å². The lowest BCUT2D eigenvalue weighted by Crippen LogP contribution is -1.93. The molecule has 0 spiro atoms. The van der Waals surface area contributed by atoms with Crippen LogP contribution in [0.4, 0.5) is 0 Å². The molecular weight excluding hydrogens is 248 g/mol. The van der Waals surface area contributed by atoms with E-state index in [0.29, 0.717) is 0 Å². The minimum Gasteiger partial charge on any atom is -0.0924 e. The highest BCUT2D eigenvalue weighted by Gasteiger charge is 1.99. The Kier molecular flexibility index (Phi) is 6.00. The molecule has 0 heterocycles. The van der Waals surface area contributed by atoms with Crippen LogP contribution in [0, 0.1) is 6.92 Å². The molecule has 0 aliphatic rings. The number of alkyl halides is 1. The van der Waals surface area contributed by atoms with Crippen LogP contribution < -0.4 is 0 Å². The third kappa shape index (κ3) is 4.38. The van der Waals surface area contributed by atoms with Crippen molar-refractivity contribution in [1.29, 1.82) is 0 Å². The standard InChI is InChI=1S/C14H21Br/c1-3-4-5-6-14-8-7-13(9-10-15)11-12(14)2/h7-8,11H,3-6,9-10H2,1-2H3. The molecule has 0 fully saturated rings. The monoisotopic (exact) mass is 268 g/mol. The van der Waals surface area contributed by atoms with Gasteiger partial charge < -0.3 is 0 Å². The zero-order valence-corrected chi connectivity index (χ0v) is 11.4. The predicted octanol–water partition coefficient (Wildman–Crippen LogP) is 4.67. The van der Waals surface area contributed by atoms with Gasteiger partial charge in [0.25, 0.3) is 0 Å². The number of rotatable bonds is 6. The van der Waals surface area contributed by atoms with E-state index in [1.54, 1.807) is 0 Å². The van der Waals surface area contributed by atoms with Gasteiger partial charge in [0.1, 0.15) is 0 Å². The van der Waals surface area contributed by atoms with Crippen molar-refractivity contribution in [2.75, 3.05) is 5.33 Å². The Bertz CT molecular complexity index is 291. The zero-order chi connectivity index (χ0) is 11.1. The average molecular weight is 269 g/mol. The molecule has 0 saturated carbocycles. The van der Waals surface area contributed by atoms with Crippen LogP contribution in [0.3, 0.4) is 0 Å². The normalized spacial score (nSPS) is 10.6. The largest absolute Gasteiger partial charge is 0.0924 e. The first-order valence-corrected chi connectivity index (χ1v) is 7.04. The minimum atomic E-state index is 1.06. The first-order valence-electron chi connectivity index (χ1n) is 5.92. The molecule has 1 aromatic rings. The van der Waals surface area contributed by atoms with Crippen molar-refractivity contribution < 1.29 is 0 Å². The van der Waals surface area contributed by atoms with E-state index >= 15 is 0 Å². The Morgan fingerprint density at radius 3 is 2.53 bits per heavy atom. The summed E-state index contributed by atoms with van der Waals surface area (Å²) in [6.45, 7) is 4.49. The maximum atomic E-state index is 3.48. The van der Waals surface area contributed by atoms with Gasteiger partial charge in [0.2, 0.25) is 0 Å². The first-order chi connectivity index (χ1) is 7.27.